The Bertz CT molecular complexity index is 851. The standard InChI is InChI=1S/C18H15NO6/c20-15-8-4-1-5-12(15)16(21)23-9-11-10-24-18(25-11)13-6-2-3-7-14(13)19-17(18)22/h1-8,11,20H,9-10H2,(H,19,22)/t11-,18-/m1/s1. The van der Waals surface area contributed by atoms with Crippen molar-refractivity contribution in [2.75, 3.05) is 18.5 Å². The van der Waals surface area contributed by atoms with Crippen molar-refractivity contribution < 1.29 is 28.9 Å². The quantitative estimate of drug-likeness (QED) is 0.827. The summed E-state index contributed by atoms with van der Waals surface area (Å²) >= 11 is 0. The summed E-state index contributed by atoms with van der Waals surface area (Å²) in [5, 5.41) is 12.4. The lowest BCUT2D eigenvalue weighted by molar-refractivity contribution is -0.185. The summed E-state index contributed by atoms with van der Waals surface area (Å²) in [6, 6.07) is 13.2. The van der Waals surface area contributed by atoms with Crippen LogP contribution in [0.1, 0.15) is 15.9 Å². The lowest BCUT2D eigenvalue weighted by Crippen LogP contribution is -2.36. The maximum atomic E-state index is 12.3. The van der Waals surface area contributed by atoms with Crippen molar-refractivity contribution in [3.05, 3.63) is 59.7 Å². The zero-order valence-electron chi connectivity index (χ0n) is 13.1. The summed E-state index contributed by atoms with van der Waals surface area (Å²) in [6.45, 7) is 0.0141. The highest BCUT2D eigenvalue weighted by Crippen LogP contribution is 2.43. The average Bonchev–Trinajstić information content (AvgIpc) is 3.17. The molecule has 0 aromatic heterocycles. The molecular weight excluding hydrogens is 326 g/mol. The van der Waals surface area contributed by atoms with Gasteiger partial charge in [0.2, 0.25) is 0 Å². The van der Waals surface area contributed by atoms with Crippen LogP contribution in [0.2, 0.25) is 0 Å². The van der Waals surface area contributed by atoms with Crippen LogP contribution in [0.3, 0.4) is 0 Å². The van der Waals surface area contributed by atoms with Crippen LogP contribution in [0.15, 0.2) is 48.5 Å². The first-order valence-electron chi connectivity index (χ1n) is 7.78. The number of rotatable bonds is 3. The lowest BCUT2D eigenvalue weighted by atomic mass is 10.1. The number of carbonyl (C=O) groups excluding carboxylic acids is 2. The Balaban J connectivity index is 1.45. The molecule has 2 aromatic carbocycles. The molecule has 2 N–H and O–H groups in total. The van der Waals surface area contributed by atoms with Gasteiger partial charge in [0.1, 0.15) is 24.0 Å². The fourth-order valence-electron chi connectivity index (χ4n) is 2.95. The molecule has 0 radical (unpaired) electrons. The van der Waals surface area contributed by atoms with E-state index in [4.69, 9.17) is 14.2 Å². The zero-order chi connectivity index (χ0) is 17.4. The minimum atomic E-state index is -1.50. The van der Waals surface area contributed by atoms with Gasteiger partial charge in [-0.2, -0.15) is 0 Å². The number of aromatic hydroxyl groups is 1. The fraction of sp³-hybridized carbons (Fsp3) is 0.222. The Kier molecular flexibility index (Phi) is 3.67. The molecule has 4 rings (SSSR count). The van der Waals surface area contributed by atoms with E-state index in [9.17, 15) is 14.7 Å². The van der Waals surface area contributed by atoms with E-state index in [0.717, 1.165) is 0 Å². The molecule has 1 amide bonds. The second-order valence-corrected chi connectivity index (χ2v) is 5.78. The van der Waals surface area contributed by atoms with Gasteiger partial charge < -0.3 is 24.6 Å². The number of fused-ring (bicyclic) bond motifs is 2. The van der Waals surface area contributed by atoms with Crippen LogP contribution in [0.25, 0.3) is 0 Å². The van der Waals surface area contributed by atoms with Gasteiger partial charge in [-0.1, -0.05) is 30.3 Å². The van der Waals surface area contributed by atoms with Crippen LogP contribution in [0.4, 0.5) is 5.69 Å². The van der Waals surface area contributed by atoms with Gasteiger partial charge >= 0.3 is 5.97 Å². The van der Waals surface area contributed by atoms with Gasteiger partial charge in [-0.15, -0.1) is 0 Å². The Morgan fingerprint density at radius 1 is 1.24 bits per heavy atom. The van der Waals surface area contributed by atoms with Crippen LogP contribution in [-0.4, -0.2) is 36.3 Å². The van der Waals surface area contributed by atoms with Gasteiger partial charge in [-0.25, -0.2) is 4.79 Å². The van der Waals surface area contributed by atoms with E-state index in [1.165, 1.54) is 12.1 Å². The second kappa shape index (κ2) is 5.87. The number of esters is 1. The molecule has 2 aliphatic heterocycles. The molecule has 1 spiro atoms. The maximum Gasteiger partial charge on any atom is 0.342 e. The highest BCUT2D eigenvalue weighted by Gasteiger charge is 2.55. The van der Waals surface area contributed by atoms with E-state index < -0.39 is 23.8 Å². The predicted molar refractivity (Wildman–Crippen MR) is 86.0 cm³/mol. The lowest BCUT2D eigenvalue weighted by Gasteiger charge is -2.20. The van der Waals surface area contributed by atoms with E-state index in [0.29, 0.717) is 11.3 Å². The van der Waals surface area contributed by atoms with Gasteiger partial charge in [0, 0.05) is 5.56 Å². The molecule has 7 nitrogen and oxygen atoms in total. The van der Waals surface area contributed by atoms with E-state index in [1.807, 2.05) is 0 Å². The molecule has 1 saturated heterocycles. The molecule has 0 saturated carbocycles. The number of hydrogen-bond acceptors (Lipinski definition) is 6. The van der Waals surface area contributed by atoms with Gasteiger partial charge in [-0.05, 0) is 18.2 Å². The van der Waals surface area contributed by atoms with Crippen molar-refractivity contribution in [2.45, 2.75) is 11.9 Å². The Hall–Kier alpha value is -2.90. The minimum absolute atomic E-state index is 0.0695. The summed E-state index contributed by atoms with van der Waals surface area (Å²) in [6.07, 6.45) is -0.591. The SMILES string of the molecule is O=C(OC[C@@H]1CO[C@]2(O1)C(=O)Nc1ccccc12)c1ccccc1O. The Labute approximate surface area is 143 Å². The number of phenolic OH excluding ortho intramolecular Hbond substituents is 1. The van der Waals surface area contributed by atoms with E-state index >= 15 is 0 Å². The normalized spacial score (nSPS) is 24.2. The van der Waals surface area contributed by atoms with Gasteiger partial charge in [0.25, 0.3) is 11.7 Å². The van der Waals surface area contributed by atoms with Crippen molar-refractivity contribution >= 4 is 17.6 Å². The molecule has 2 aliphatic rings. The molecule has 0 unspecified atom stereocenters. The number of phenols is 1. The summed E-state index contributed by atoms with van der Waals surface area (Å²) in [5.74, 6) is -2.72. The van der Waals surface area contributed by atoms with Gasteiger partial charge in [-0.3, -0.25) is 4.79 Å². The van der Waals surface area contributed by atoms with Gasteiger partial charge in [0.15, 0.2) is 0 Å². The monoisotopic (exact) mass is 341 g/mol. The Morgan fingerprint density at radius 3 is 2.84 bits per heavy atom. The first-order chi connectivity index (χ1) is 12.1. The number of nitrogens with one attached hydrogen (secondary N) is 1. The molecule has 2 atom stereocenters. The van der Waals surface area contributed by atoms with Crippen LogP contribution < -0.4 is 5.32 Å². The third kappa shape index (κ3) is 2.54. The van der Waals surface area contributed by atoms with Crippen molar-refractivity contribution in [2.24, 2.45) is 0 Å². The fourth-order valence-corrected chi connectivity index (χ4v) is 2.95. The molecule has 25 heavy (non-hydrogen) atoms. The smallest absolute Gasteiger partial charge is 0.342 e. The van der Waals surface area contributed by atoms with Crippen molar-refractivity contribution in [1.82, 2.24) is 0 Å². The van der Waals surface area contributed by atoms with Crippen molar-refractivity contribution in [3.8, 4) is 5.75 Å². The first kappa shape index (κ1) is 15.6. The summed E-state index contributed by atoms with van der Waals surface area (Å²) in [7, 11) is 0. The maximum absolute atomic E-state index is 12.3. The summed E-state index contributed by atoms with van der Waals surface area (Å²) < 4.78 is 16.6. The Morgan fingerprint density at radius 2 is 2.00 bits per heavy atom. The highest BCUT2D eigenvalue weighted by atomic mass is 16.8. The number of hydrogen-bond donors (Lipinski definition) is 2. The van der Waals surface area contributed by atoms with Gasteiger partial charge in [0.05, 0.1) is 12.3 Å². The molecule has 7 heteroatoms. The third-order valence-corrected chi connectivity index (χ3v) is 4.16. The molecule has 0 aliphatic carbocycles. The van der Waals surface area contributed by atoms with Crippen LogP contribution >= 0.6 is 0 Å². The first-order valence-corrected chi connectivity index (χ1v) is 7.78. The number of benzene rings is 2. The number of amides is 1. The molecule has 0 bridgehead atoms. The highest BCUT2D eigenvalue weighted by molar-refractivity contribution is 6.04. The third-order valence-electron chi connectivity index (χ3n) is 4.16. The van der Waals surface area contributed by atoms with E-state index in [-0.39, 0.29) is 24.5 Å². The molecule has 128 valence electrons. The van der Waals surface area contributed by atoms with Crippen molar-refractivity contribution in [1.29, 1.82) is 0 Å². The molecular formula is C18H15NO6. The van der Waals surface area contributed by atoms with Crippen molar-refractivity contribution in [3.63, 3.8) is 0 Å². The molecule has 2 heterocycles. The number of anilines is 1. The average molecular weight is 341 g/mol. The molecule has 1 fully saturated rings. The van der Waals surface area contributed by atoms with Crippen LogP contribution in [0.5, 0.6) is 5.75 Å². The second-order valence-electron chi connectivity index (χ2n) is 5.78. The summed E-state index contributed by atoms with van der Waals surface area (Å²) in [4.78, 5) is 24.3. The zero-order valence-corrected chi connectivity index (χ0v) is 13.1. The minimum Gasteiger partial charge on any atom is -0.507 e. The largest absolute Gasteiger partial charge is 0.507 e. The van der Waals surface area contributed by atoms with Crippen LogP contribution in [0, 0.1) is 0 Å². The van der Waals surface area contributed by atoms with E-state index in [1.54, 1.807) is 36.4 Å². The predicted octanol–water partition coefficient (Wildman–Crippen LogP) is 1.77. The summed E-state index contributed by atoms with van der Waals surface area (Å²) in [5.41, 5.74) is 1.31. The molecule has 2 aromatic rings. The number of ether oxygens (including phenoxy) is 3. The number of carbonyl (C=O) groups is 2. The van der Waals surface area contributed by atoms with Crippen LogP contribution in [-0.2, 0) is 24.8 Å². The number of para-hydroxylation sites is 2. The van der Waals surface area contributed by atoms with E-state index in [2.05, 4.69) is 5.32 Å². The topological polar surface area (TPSA) is 94.1 Å².